The predicted molar refractivity (Wildman–Crippen MR) is 57.9 cm³/mol. The Bertz CT molecular complexity index is 247. The van der Waals surface area contributed by atoms with Gasteiger partial charge in [-0.2, -0.15) is 11.3 Å². The van der Waals surface area contributed by atoms with E-state index in [4.69, 9.17) is 11.6 Å². The molecule has 1 aromatic rings. The lowest BCUT2D eigenvalue weighted by Gasteiger charge is -2.06. The molecule has 0 radical (unpaired) electrons. The number of allylic oxidation sites excluding steroid dienone is 1. The summed E-state index contributed by atoms with van der Waals surface area (Å²) >= 11 is 7.53. The maximum Gasteiger partial charge on any atom is 0.0439 e. The maximum atomic E-state index is 5.81. The molecule has 1 rings (SSSR count). The van der Waals surface area contributed by atoms with Crippen molar-refractivity contribution in [1.82, 2.24) is 0 Å². The molecule has 1 aromatic heterocycles. The highest BCUT2D eigenvalue weighted by atomic mass is 35.5. The van der Waals surface area contributed by atoms with Crippen LogP contribution in [-0.2, 0) is 0 Å². The van der Waals surface area contributed by atoms with E-state index in [9.17, 15) is 0 Å². The van der Waals surface area contributed by atoms with Crippen LogP contribution in [0.1, 0.15) is 19.4 Å². The normalized spacial score (nSPS) is 12.5. The van der Waals surface area contributed by atoms with Crippen LogP contribution in [0.25, 0.3) is 6.08 Å². The van der Waals surface area contributed by atoms with Crippen molar-refractivity contribution in [1.29, 1.82) is 0 Å². The number of halogens is 1. The third kappa shape index (κ3) is 2.65. The van der Waals surface area contributed by atoms with Gasteiger partial charge < -0.3 is 0 Å². The Hall–Kier alpha value is -0.270. The van der Waals surface area contributed by atoms with E-state index in [2.05, 4.69) is 36.7 Å². The van der Waals surface area contributed by atoms with E-state index < -0.39 is 0 Å². The van der Waals surface area contributed by atoms with Gasteiger partial charge in [-0.15, -0.1) is 11.6 Å². The average Bonchev–Trinajstić information content (AvgIpc) is 2.51. The van der Waals surface area contributed by atoms with Gasteiger partial charge in [-0.1, -0.05) is 25.5 Å². The molecule has 0 amide bonds. The van der Waals surface area contributed by atoms with Crippen LogP contribution in [0.5, 0.6) is 0 Å². The van der Waals surface area contributed by atoms with Gasteiger partial charge in [0.15, 0.2) is 0 Å². The van der Waals surface area contributed by atoms with Gasteiger partial charge in [-0.25, -0.2) is 0 Å². The molecule has 0 spiro atoms. The standard InChI is InChI=1S/C10H13ClS/c1-8(2)10(6-11)5-9-3-4-12-7-9/h3-5,7-8H,6H2,1-2H3/b10-5+. The largest absolute Gasteiger partial charge is 0.152 e. The Balaban J connectivity index is 2.78. The molecule has 0 aliphatic carbocycles. The van der Waals surface area contributed by atoms with Crippen molar-refractivity contribution in [3.05, 3.63) is 28.0 Å². The first kappa shape index (κ1) is 9.82. The molecule has 0 saturated heterocycles. The SMILES string of the molecule is CC(C)/C(=C/c1ccsc1)CCl. The molecule has 0 unspecified atom stereocenters. The Morgan fingerprint density at radius 1 is 1.67 bits per heavy atom. The second kappa shape index (κ2) is 4.68. The quantitative estimate of drug-likeness (QED) is 0.647. The van der Waals surface area contributed by atoms with E-state index in [1.807, 2.05) is 0 Å². The molecular weight excluding hydrogens is 188 g/mol. The van der Waals surface area contributed by atoms with E-state index >= 15 is 0 Å². The number of alkyl halides is 1. The molecule has 0 atom stereocenters. The minimum absolute atomic E-state index is 0.544. The van der Waals surface area contributed by atoms with Gasteiger partial charge in [0.2, 0.25) is 0 Å². The summed E-state index contributed by atoms with van der Waals surface area (Å²) in [7, 11) is 0. The predicted octanol–water partition coefficient (Wildman–Crippen LogP) is 4.03. The van der Waals surface area contributed by atoms with Crippen molar-refractivity contribution in [2.24, 2.45) is 5.92 Å². The molecule has 0 nitrogen and oxygen atoms in total. The lowest BCUT2D eigenvalue weighted by atomic mass is 10.0. The molecule has 0 aliphatic heterocycles. The van der Waals surface area contributed by atoms with Crippen LogP contribution < -0.4 is 0 Å². The summed E-state index contributed by atoms with van der Waals surface area (Å²) in [5.41, 5.74) is 2.57. The van der Waals surface area contributed by atoms with Crippen molar-refractivity contribution < 1.29 is 0 Å². The Labute approximate surface area is 82.9 Å². The molecule has 66 valence electrons. The number of hydrogen-bond acceptors (Lipinski definition) is 1. The summed E-state index contributed by atoms with van der Waals surface area (Å²) in [4.78, 5) is 0. The zero-order valence-corrected chi connectivity index (χ0v) is 8.95. The van der Waals surface area contributed by atoms with Crippen LogP contribution >= 0.6 is 22.9 Å². The topological polar surface area (TPSA) is 0 Å². The monoisotopic (exact) mass is 200 g/mol. The first-order valence-corrected chi connectivity index (χ1v) is 5.50. The van der Waals surface area contributed by atoms with Gasteiger partial charge in [0.25, 0.3) is 0 Å². The smallest absolute Gasteiger partial charge is 0.0439 e. The molecule has 0 saturated carbocycles. The molecule has 0 fully saturated rings. The van der Waals surface area contributed by atoms with Crippen LogP contribution in [0, 0.1) is 5.92 Å². The number of hydrogen-bond donors (Lipinski definition) is 0. The second-order valence-electron chi connectivity index (χ2n) is 3.06. The molecule has 2 heteroatoms. The molecule has 1 heterocycles. The van der Waals surface area contributed by atoms with Gasteiger partial charge in [-0.3, -0.25) is 0 Å². The summed E-state index contributed by atoms with van der Waals surface area (Å²) in [6, 6.07) is 2.11. The maximum absolute atomic E-state index is 5.81. The van der Waals surface area contributed by atoms with E-state index in [1.165, 1.54) is 11.1 Å². The van der Waals surface area contributed by atoms with Crippen LogP contribution in [0.15, 0.2) is 22.4 Å². The van der Waals surface area contributed by atoms with Crippen molar-refractivity contribution in [3.63, 3.8) is 0 Å². The van der Waals surface area contributed by atoms with E-state index in [0.29, 0.717) is 11.8 Å². The molecule has 12 heavy (non-hydrogen) atoms. The highest BCUT2D eigenvalue weighted by molar-refractivity contribution is 7.08. The molecule has 0 bridgehead atoms. The van der Waals surface area contributed by atoms with Crippen molar-refractivity contribution in [2.75, 3.05) is 5.88 Å². The first-order valence-electron chi connectivity index (χ1n) is 4.02. The minimum Gasteiger partial charge on any atom is -0.152 e. The summed E-state index contributed by atoms with van der Waals surface area (Å²) < 4.78 is 0. The van der Waals surface area contributed by atoms with Crippen molar-refractivity contribution in [2.45, 2.75) is 13.8 Å². The Morgan fingerprint density at radius 3 is 2.83 bits per heavy atom. The highest BCUT2D eigenvalue weighted by Crippen LogP contribution is 2.17. The van der Waals surface area contributed by atoms with Gasteiger partial charge in [0.05, 0.1) is 0 Å². The fourth-order valence-corrected chi connectivity index (χ4v) is 1.93. The molecule has 0 N–H and O–H groups in total. The lowest BCUT2D eigenvalue weighted by molar-refractivity contribution is 0.778. The third-order valence-corrected chi connectivity index (χ3v) is 2.80. The van der Waals surface area contributed by atoms with Crippen LogP contribution in [0.4, 0.5) is 0 Å². The Morgan fingerprint density at radius 2 is 2.42 bits per heavy atom. The minimum atomic E-state index is 0.544. The average molecular weight is 201 g/mol. The van der Waals surface area contributed by atoms with Crippen LogP contribution in [-0.4, -0.2) is 5.88 Å². The van der Waals surface area contributed by atoms with Crippen molar-refractivity contribution >= 4 is 29.0 Å². The summed E-state index contributed by atoms with van der Waals surface area (Å²) in [6.45, 7) is 4.33. The fraction of sp³-hybridized carbons (Fsp3) is 0.400. The summed E-state index contributed by atoms with van der Waals surface area (Å²) in [5, 5.41) is 4.22. The van der Waals surface area contributed by atoms with Gasteiger partial charge >= 0.3 is 0 Å². The number of rotatable bonds is 3. The molecule has 0 aromatic carbocycles. The van der Waals surface area contributed by atoms with Crippen molar-refractivity contribution in [3.8, 4) is 0 Å². The molecular formula is C10H13ClS. The van der Waals surface area contributed by atoms with Gasteiger partial charge in [-0.05, 0) is 28.3 Å². The van der Waals surface area contributed by atoms with Crippen LogP contribution in [0.2, 0.25) is 0 Å². The zero-order chi connectivity index (χ0) is 8.97. The van der Waals surface area contributed by atoms with E-state index in [1.54, 1.807) is 11.3 Å². The third-order valence-electron chi connectivity index (χ3n) is 1.79. The van der Waals surface area contributed by atoms with Gasteiger partial charge in [0.1, 0.15) is 0 Å². The summed E-state index contributed by atoms with van der Waals surface area (Å²) in [5.74, 6) is 1.18. The van der Waals surface area contributed by atoms with Crippen LogP contribution in [0.3, 0.4) is 0 Å². The Kier molecular flexibility index (Phi) is 3.83. The second-order valence-corrected chi connectivity index (χ2v) is 4.11. The molecule has 0 aliphatic rings. The first-order chi connectivity index (χ1) is 5.74. The van der Waals surface area contributed by atoms with E-state index in [-0.39, 0.29) is 0 Å². The summed E-state index contributed by atoms with van der Waals surface area (Å²) in [6.07, 6.45) is 2.17. The van der Waals surface area contributed by atoms with E-state index in [0.717, 1.165) is 0 Å². The van der Waals surface area contributed by atoms with Gasteiger partial charge in [0, 0.05) is 5.88 Å². The number of thiophene rings is 1. The fourth-order valence-electron chi connectivity index (χ4n) is 0.931. The lowest BCUT2D eigenvalue weighted by Crippen LogP contribution is -1.94. The highest BCUT2D eigenvalue weighted by Gasteiger charge is 2.01. The zero-order valence-electron chi connectivity index (χ0n) is 7.38.